The Labute approximate surface area is 314 Å². The van der Waals surface area contributed by atoms with Crippen molar-refractivity contribution in [1.82, 2.24) is 0 Å². The zero-order valence-electron chi connectivity index (χ0n) is 30.1. The molecule has 2 heterocycles. The van der Waals surface area contributed by atoms with Crippen molar-refractivity contribution in [3.8, 4) is 0 Å². The molecule has 4 atom stereocenters. The van der Waals surface area contributed by atoms with Crippen LogP contribution in [0.5, 0.6) is 0 Å². The van der Waals surface area contributed by atoms with Gasteiger partial charge in [0.05, 0.1) is 5.70 Å². The SMILES string of the molecule is C=C/C=C(/N=C(N=C(C)C1=CC=C(C2=C(C3CC=CCC3)N=CCC2)CC1)C1=CCC(c2ccccc2)C=C1)c1ccc2c(c1)SC1C=CC=CC21. The van der Waals surface area contributed by atoms with Crippen LogP contribution < -0.4 is 0 Å². The minimum atomic E-state index is 0.345. The average molecular weight is 698 g/mol. The Bertz CT molecular complexity index is 2110. The number of hydrogen-bond donors (Lipinski definition) is 0. The van der Waals surface area contributed by atoms with Crippen LogP contribution in [0.15, 0.2) is 182 Å². The summed E-state index contributed by atoms with van der Waals surface area (Å²) in [6.07, 6.45) is 39.6. The molecule has 52 heavy (non-hydrogen) atoms. The molecule has 8 rings (SSSR count). The zero-order chi connectivity index (χ0) is 35.3. The molecule has 0 radical (unpaired) electrons. The Morgan fingerprint density at radius 1 is 0.923 bits per heavy atom. The summed E-state index contributed by atoms with van der Waals surface area (Å²) in [5.41, 5.74) is 12.3. The molecular formula is C48H47N3S. The van der Waals surface area contributed by atoms with Crippen molar-refractivity contribution in [1.29, 1.82) is 0 Å². The van der Waals surface area contributed by atoms with Gasteiger partial charge in [-0.25, -0.2) is 9.98 Å². The normalized spacial score (nSPS) is 25.8. The Morgan fingerprint density at radius 2 is 1.83 bits per heavy atom. The molecule has 4 aliphatic carbocycles. The van der Waals surface area contributed by atoms with E-state index < -0.39 is 0 Å². The van der Waals surface area contributed by atoms with E-state index in [-0.39, 0.29) is 0 Å². The van der Waals surface area contributed by atoms with Gasteiger partial charge in [-0.05, 0) is 98.3 Å². The highest BCUT2D eigenvalue weighted by atomic mass is 32.2. The summed E-state index contributed by atoms with van der Waals surface area (Å²) in [5.74, 6) is 2.07. The number of hydrogen-bond acceptors (Lipinski definition) is 3. The highest BCUT2D eigenvalue weighted by molar-refractivity contribution is 8.00. The van der Waals surface area contributed by atoms with Gasteiger partial charge < -0.3 is 0 Å². The fraction of sp³-hybridized carbons (Fsp3) is 0.271. The Balaban J connectivity index is 1.12. The van der Waals surface area contributed by atoms with E-state index >= 15 is 0 Å². The van der Waals surface area contributed by atoms with Crippen LogP contribution in [-0.4, -0.2) is 23.0 Å². The summed E-state index contributed by atoms with van der Waals surface area (Å²) < 4.78 is 0. The standard InChI is InChI=1S/C48H47N3S/c1-3-13-44(40-29-30-43-42-18-10-11-20-45(42)52-46(43)32-40)51-48(39-27-23-36(24-28-39)35-14-6-4-7-15-35)50-33(2)34-21-25-37(26-22-34)41-19-12-31-49-47(41)38-16-8-5-9-17-38/h3-8,10-11,13-15,18,20-21,23,25,27-32,36,38,42,45H,1,9,12,16-17,19,22,24,26H2,2H3/b44-13+,50-33?,51-48?. The lowest BCUT2D eigenvalue weighted by molar-refractivity contribution is 0.539. The van der Waals surface area contributed by atoms with Gasteiger partial charge in [-0.2, -0.15) is 0 Å². The predicted molar refractivity (Wildman–Crippen MR) is 223 cm³/mol. The summed E-state index contributed by atoms with van der Waals surface area (Å²) >= 11 is 1.95. The third kappa shape index (κ3) is 7.41. The summed E-state index contributed by atoms with van der Waals surface area (Å²) in [4.78, 5) is 17.0. The van der Waals surface area contributed by atoms with E-state index in [4.69, 9.17) is 15.0 Å². The molecule has 0 amide bonds. The Morgan fingerprint density at radius 3 is 2.62 bits per heavy atom. The van der Waals surface area contributed by atoms with Crippen molar-refractivity contribution >= 4 is 35.2 Å². The molecule has 0 N–H and O–H groups in total. The van der Waals surface area contributed by atoms with Crippen LogP contribution in [-0.2, 0) is 0 Å². The number of benzene rings is 2. The van der Waals surface area contributed by atoms with Crippen LogP contribution in [0, 0.1) is 5.92 Å². The lowest BCUT2D eigenvalue weighted by atomic mass is 9.82. The smallest absolute Gasteiger partial charge is 0.159 e. The number of allylic oxidation sites excluding steroid dienone is 15. The molecule has 4 unspecified atom stereocenters. The molecule has 0 saturated heterocycles. The minimum absolute atomic E-state index is 0.345. The third-order valence-electron chi connectivity index (χ3n) is 11.1. The molecule has 3 nitrogen and oxygen atoms in total. The number of fused-ring (bicyclic) bond motifs is 3. The quantitative estimate of drug-likeness (QED) is 0.117. The van der Waals surface area contributed by atoms with Gasteiger partial charge in [0.2, 0.25) is 0 Å². The molecule has 260 valence electrons. The van der Waals surface area contributed by atoms with Crippen molar-refractivity contribution in [3.05, 3.63) is 179 Å². The van der Waals surface area contributed by atoms with Gasteiger partial charge in [0.25, 0.3) is 0 Å². The highest BCUT2D eigenvalue weighted by Gasteiger charge is 2.31. The molecule has 2 aromatic carbocycles. The largest absolute Gasteiger partial charge is 0.265 e. The number of nitrogens with zero attached hydrogens (tertiary/aromatic N) is 3. The van der Waals surface area contributed by atoms with Crippen molar-refractivity contribution in [2.24, 2.45) is 20.9 Å². The second-order valence-corrected chi connectivity index (χ2v) is 15.6. The zero-order valence-corrected chi connectivity index (χ0v) is 30.9. The van der Waals surface area contributed by atoms with Gasteiger partial charge in [-0.15, -0.1) is 11.8 Å². The maximum absolute atomic E-state index is 5.35. The lowest BCUT2D eigenvalue weighted by Gasteiger charge is -2.26. The lowest BCUT2D eigenvalue weighted by Crippen LogP contribution is -2.13. The Hall–Kier alpha value is -4.80. The predicted octanol–water partition coefficient (Wildman–Crippen LogP) is 12.5. The van der Waals surface area contributed by atoms with Crippen LogP contribution >= 0.6 is 11.8 Å². The van der Waals surface area contributed by atoms with Crippen LogP contribution in [0.4, 0.5) is 0 Å². The van der Waals surface area contributed by atoms with E-state index in [9.17, 15) is 0 Å². The summed E-state index contributed by atoms with van der Waals surface area (Å²) in [7, 11) is 0. The second kappa shape index (κ2) is 15.8. The maximum atomic E-state index is 5.35. The van der Waals surface area contributed by atoms with Gasteiger partial charge in [0, 0.05) is 56.7 Å². The van der Waals surface area contributed by atoms with Gasteiger partial charge in [0.1, 0.15) is 0 Å². The molecule has 6 aliphatic rings. The van der Waals surface area contributed by atoms with Crippen LogP contribution in [0.3, 0.4) is 0 Å². The molecule has 0 spiro atoms. The molecule has 0 saturated carbocycles. The van der Waals surface area contributed by atoms with Crippen LogP contribution in [0.1, 0.15) is 86.8 Å². The topological polar surface area (TPSA) is 37.1 Å². The number of amidine groups is 1. The van der Waals surface area contributed by atoms with E-state index in [0.29, 0.717) is 23.0 Å². The third-order valence-corrected chi connectivity index (χ3v) is 12.4. The van der Waals surface area contributed by atoms with Crippen molar-refractivity contribution in [2.45, 2.75) is 80.3 Å². The van der Waals surface area contributed by atoms with Gasteiger partial charge in [-0.3, -0.25) is 4.99 Å². The van der Waals surface area contributed by atoms with E-state index in [0.717, 1.165) is 73.3 Å². The second-order valence-electron chi connectivity index (χ2n) is 14.4. The summed E-state index contributed by atoms with van der Waals surface area (Å²) in [6.45, 7) is 6.22. The molecule has 0 bridgehead atoms. The number of aliphatic imine (C=N–C) groups is 3. The van der Waals surface area contributed by atoms with Crippen LogP contribution in [0.25, 0.3) is 5.70 Å². The molecular weight excluding hydrogens is 651 g/mol. The molecule has 4 heteroatoms. The first-order valence-electron chi connectivity index (χ1n) is 19.0. The number of rotatable bonds is 8. The first kappa shape index (κ1) is 34.3. The maximum Gasteiger partial charge on any atom is 0.159 e. The van der Waals surface area contributed by atoms with Crippen molar-refractivity contribution in [3.63, 3.8) is 0 Å². The number of thioether (sulfide) groups is 1. The van der Waals surface area contributed by atoms with Gasteiger partial charge in [-0.1, -0.05) is 122 Å². The van der Waals surface area contributed by atoms with Gasteiger partial charge >= 0.3 is 0 Å². The minimum Gasteiger partial charge on any atom is -0.265 e. The first-order valence-corrected chi connectivity index (χ1v) is 19.9. The molecule has 2 aliphatic heterocycles. The summed E-state index contributed by atoms with van der Waals surface area (Å²) in [5, 5.41) is 0.458. The van der Waals surface area contributed by atoms with E-state index in [2.05, 4.69) is 135 Å². The fourth-order valence-electron chi connectivity index (χ4n) is 8.23. The van der Waals surface area contributed by atoms with Crippen LogP contribution in [0.2, 0.25) is 0 Å². The van der Waals surface area contributed by atoms with Crippen molar-refractivity contribution < 1.29 is 0 Å². The first-order chi connectivity index (χ1) is 25.6. The molecule has 0 fully saturated rings. The van der Waals surface area contributed by atoms with E-state index in [1.165, 1.54) is 44.9 Å². The highest BCUT2D eigenvalue weighted by Crippen LogP contribution is 2.49. The summed E-state index contributed by atoms with van der Waals surface area (Å²) in [6, 6.07) is 17.6. The van der Waals surface area contributed by atoms with Crippen molar-refractivity contribution in [2.75, 3.05) is 0 Å². The van der Waals surface area contributed by atoms with E-state index in [1.807, 2.05) is 23.9 Å². The monoisotopic (exact) mass is 697 g/mol. The fourth-order valence-corrected chi connectivity index (χ4v) is 9.61. The van der Waals surface area contributed by atoms with Gasteiger partial charge in [0.15, 0.2) is 5.84 Å². The van der Waals surface area contributed by atoms with E-state index in [1.54, 1.807) is 0 Å². The molecule has 2 aromatic rings. The molecule has 0 aromatic heterocycles. The Kier molecular flexibility index (Phi) is 10.4. The average Bonchev–Trinajstić information content (AvgIpc) is 3.59.